The van der Waals surface area contributed by atoms with Gasteiger partial charge in [0.1, 0.15) is 6.04 Å². The first-order chi connectivity index (χ1) is 4.34. The first-order valence-corrected chi connectivity index (χ1v) is 3.46. The van der Waals surface area contributed by atoms with E-state index in [2.05, 4.69) is 0 Å². The van der Waals surface area contributed by atoms with Crippen molar-refractivity contribution in [3.8, 4) is 6.07 Å². The monoisotopic (exact) mass is 138 g/mol. The fraction of sp³-hybridized carbons (Fsp3) is 0.167. The molecule has 0 amide bonds. The van der Waals surface area contributed by atoms with E-state index in [9.17, 15) is 0 Å². The lowest BCUT2D eigenvalue weighted by Crippen LogP contribution is -2.04. The Balaban J connectivity index is 2.80. The van der Waals surface area contributed by atoms with Gasteiger partial charge < -0.3 is 5.73 Å². The molecule has 1 unspecified atom stereocenters. The van der Waals surface area contributed by atoms with Crippen molar-refractivity contribution in [3.05, 3.63) is 22.4 Å². The van der Waals surface area contributed by atoms with Crippen LogP contribution in [0.1, 0.15) is 11.6 Å². The highest BCUT2D eigenvalue weighted by Crippen LogP contribution is 2.12. The quantitative estimate of drug-likeness (QED) is 0.635. The molecule has 0 radical (unpaired) electrons. The normalized spacial score (nSPS) is 12.4. The molecule has 0 aromatic carbocycles. The van der Waals surface area contributed by atoms with E-state index in [1.54, 1.807) is 11.3 Å². The zero-order valence-electron chi connectivity index (χ0n) is 4.74. The van der Waals surface area contributed by atoms with Gasteiger partial charge in [0.25, 0.3) is 0 Å². The predicted molar refractivity (Wildman–Crippen MR) is 36.9 cm³/mol. The second kappa shape index (κ2) is 2.62. The van der Waals surface area contributed by atoms with Crippen LogP contribution in [-0.2, 0) is 0 Å². The van der Waals surface area contributed by atoms with E-state index in [0.717, 1.165) is 5.56 Å². The van der Waals surface area contributed by atoms with Crippen molar-refractivity contribution in [1.82, 2.24) is 0 Å². The Morgan fingerprint density at radius 2 is 2.56 bits per heavy atom. The summed E-state index contributed by atoms with van der Waals surface area (Å²) < 4.78 is 0. The topological polar surface area (TPSA) is 49.8 Å². The minimum atomic E-state index is -0.448. The molecule has 2 N–H and O–H groups in total. The average Bonchev–Trinajstić information content (AvgIpc) is 2.37. The highest BCUT2D eigenvalue weighted by atomic mass is 32.1. The van der Waals surface area contributed by atoms with Crippen LogP contribution in [0, 0.1) is 11.3 Å². The summed E-state index contributed by atoms with van der Waals surface area (Å²) in [5, 5.41) is 12.1. The van der Waals surface area contributed by atoms with Gasteiger partial charge in [-0.25, -0.2) is 0 Å². The fourth-order valence-electron chi connectivity index (χ4n) is 0.526. The summed E-state index contributed by atoms with van der Waals surface area (Å²) in [5.74, 6) is 0. The molecule has 0 saturated heterocycles. The maximum atomic E-state index is 8.34. The van der Waals surface area contributed by atoms with Gasteiger partial charge in [-0.3, -0.25) is 0 Å². The highest BCUT2D eigenvalue weighted by molar-refractivity contribution is 7.07. The van der Waals surface area contributed by atoms with Gasteiger partial charge in [-0.15, -0.1) is 0 Å². The summed E-state index contributed by atoms with van der Waals surface area (Å²) >= 11 is 1.55. The molecule has 0 bridgehead atoms. The van der Waals surface area contributed by atoms with Gasteiger partial charge in [-0.1, -0.05) is 0 Å². The minimum absolute atomic E-state index is 0.448. The molecule has 1 aromatic rings. The van der Waals surface area contributed by atoms with Crippen LogP contribution in [0.15, 0.2) is 16.8 Å². The average molecular weight is 138 g/mol. The number of rotatable bonds is 1. The van der Waals surface area contributed by atoms with Crippen LogP contribution in [0.4, 0.5) is 0 Å². The summed E-state index contributed by atoms with van der Waals surface area (Å²) in [5.41, 5.74) is 6.29. The van der Waals surface area contributed by atoms with Crippen LogP contribution in [0.2, 0.25) is 0 Å². The number of thiophene rings is 1. The number of nitrogens with two attached hydrogens (primary N) is 1. The molecule has 1 heterocycles. The SMILES string of the molecule is N#CC(N)c1ccsc1. The van der Waals surface area contributed by atoms with Crippen molar-refractivity contribution in [2.45, 2.75) is 6.04 Å². The molecule has 9 heavy (non-hydrogen) atoms. The Kier molecular flexibility index (Phi) is 1.83. The van der Waals surface area contributed by atoms with Crippen LogP contribution in [0.3, 0.4) is 0 Å². The first kappa shape index (κ1) is 6.27. The van der Waals surface area contributed by atoms with Crippen LogP contribution >= 0.6 is 11.3 Å². The second-order valence-electron chi connectivity index (χ2n) is 1.66. The lowest BCUT2D eigenvalue weighted by molar-refractivity contribution is 0.933. The van der Waals surface area contributed by atoms with E-state index in [1.807, 2.05) is 22.9 Å². The molecule has 0 saturated carbocycles. The van der Waals surface area contributed by atoms with E-state index in [0.29, 0.717) is 0 Å². The maximum absolute atomic E-state index is 8.34. The predicted octanol–water partition coefficient (Wildman–Crippen LogP) is 1.27. The lowest BCUT2D eigenvalue weighted by Gasteiger charge is -1.93. The molecule has 0 aliphatic carbocycles. The van der Waals surface area contributed by atoms with Crippen molar-refractivity contribution in [3.63, 3.8) is 0 Å². The van der Waals surface area contributed by atoms with E-state index in [-0.39, 0.29) is 0 Å². The Morgan fingerprint density at radius 1 is 1.78 bits per heavy atom. The number of hydrogen-bond donors (Lipinski definition) is 1. The van der Waals surface area contributed by atoms with Crippen molar-refractivity contribution in [2.24, 2.45) is 5.73 Å². The molecule has 0 fully saturated rings. The van der Waals surface area contributed by atoms with Gasteiger partial charge in [-0.2, -0.15) is 16.6 Å². The van der Waals surface area contributed by atoms with Gasteiger partial charge in [0.2, 0.25) is 0 Å². The third-order valence-electron chi connectivity index (χ3n) is 1.04. The van der Waals surface area contributed by atoms with E-state index >= 15 is 0 Å². The van der Waals surface area contributed by atoms with Crippen LogP contribution in [0.5, 0.6) is 0 Å². The Bertz CT molecular complexity index is 209. The molecular weight excluding hydrogens is 132 g/mol. The molecule has 3 heteroatoms. The largest absolute Gasteiger partial charge is 0.312 e. The standard InChI is InChI=1S/C6H6N2S/c7-3-6(8)5-1-2-9-4-5/h1-2,4,6H,8H2. The molecular formula is C6H6N2S. The second-order valence-corrected chi connectivity index (χ2v) is 2.44. The lowest BCUT2D eigenvalue weighted by atomic mass is 10.2. The van der Waals surface area contributed by atoms with Crippen molar-refractivity contribution >= 4 is 11.3 Å². The molecule has 0 aliphatic heterocycles. The summed E-state index contributed by atoms with van der Waals surface area (Å²) in [6.07, 6.45) is 0. The zero-order chi connectivity index (χ0) is 6.69. The minimum Gasteiger partial charge on any atom is -0.312 e. The fourth-order valence-corrected chi connectivity index (χ4v) is 1.22. The van der Waals surface area contributed by atoms with Gasteiger partial charge in [0, 0.05) is 0 Å². The molecule has 1 aromatic heterocycles. The van der Waals surface area contributed by atoms with Crippen LogP contribution < -0.4 is 5.73 Å². The van der Waals surface area contributed by atoms with Gasteiger partial charge >= 0.3 is 0 Å². The zero-order valence-corrected chi connectivity index (χ0v) is 5.56. The first-order valence-electron chi connectivity index (χ1n) is 2.52. The van der Waals surface area contributed by atoms with Crippen LogP contribution in [-0.4, -0.2) is 0 Å². The molecule has 1 rings (SSSR count). The number of hydrogen-bond acceptors (Lipinski definition) is 3. The van der Waals surface area contributed by atoms with Crippen molar-refractivity contribution < 1.29 is 0 Å². The Morgan fingerprint density at radius 3 is 3.00 bits per heavy atom. The highest BCUT2D eigenvalue weighted by Gasteiger charge is 2.01. The van der Waals surface area contributed by atoms with Crippen LogP contribution in [0.25, 0.3) is 0 Å². The van der Waals surface area contributed by atoms with Crippen molar-refractivity contribution in [2.75, 3.05) is 0 Å². The molecule has 0 aliphatic rings. The number of nitriles is 1. The van der Waals surface area contributed by atoms with E-state index in [4.69, 9.17) is 11.0 Å². The Hall–Kier alpha value is -0.850. The summed E-state index contributed by atoms with van der Waals surface area (Å²) in [6.45, 7) is 0. The number of nitrogens with zero attached hydrogens (tertiary/aromatic N) is 1. The molecule has 2 nitrogen and oxygen atoms in total. The Labute approximate surface area is 57.5 Å². The van der Waals surface area contributed by atoms with Crippen molar-refractivity contribution in [1.29, 1.82) is 5.26 Å². The third kappa shape index (κ3) is 1.28. The van der Waals surface area contributed by atoms with E-state index < -0.39 is 6.04 Å². The molecule has 1 atom stereocenters. The van der Waals surface area contributed by atoms with E-state index in [1.165, 1.54) is 0 Å². The molecule has 0 spiro atoms. The summed E-state index contributed by atoms with van der Waals surface area (Å²) in [6, 6.07) is 3.36. The maximum Gasteiger partial charge on any atom is 0.119 e. The van der Waals surface area contributed by atoms with Gasteiger partial charge in [0.05, 0.1) is 6.07 Å². The van der Waals surface area contributed by atoms with Gasteiger partial charge in [0.15, 0.2) is 0 Å². The smallest absolute Gasteiger partial charge is 0.119 e. The molecule has 46 valence electrons. The van der Waals surface area contributed by atoms with Gasteiger partial charge in [-0.05, 0) is 22.4 Å². The summed E-state index contributed by atoms with van der Waals surface area (Å²) in [7, 11) is 0. The third-order valence-corrected chi connectivity index (χ3v) is 1.74. The summed E-state index contributed by atoms with van der Waals surface area (Å²) in [4.78, 5) is 0.